The van der Waals surface area contributed by atoms with E-state index in [4.69, 9.17) is 9.57 Å². The Morgan fingerprint density at radius 3 is 2.71 bits per heavy atom. The third-order valence-corrected chi connectivity index (χ3v) is 3.88. The fourth-order valence-electron chi connectivity index (χ4n) is 2.16. The Morgan fingerprint density at radius 1 is 1.38 bits per heavy atom. The number of ether oxygens (including phenoxy) is 1. The molecule has 1 aromatic heterocycles. The van der Waals surface area contributed by atoms with E-state index in [9.17, 15) is 9.59 Å². The molecule has 0 saturated heterocycles. The first kappa shape index (κ1) is 15.6. The lowest BCUT2D eigenvalue weighted by atomic mass is 9.99. The van der Waals surface area contributed by atoms with E-state index in [1.54, 1.807) is 20.0 Å². The molecule has 1 unspecified atom stereocenters. The number of benzene rings is 1. The molecule has 0 aliphatic carbocycles. The van der Waals surface area contributed by atoms with Crippen molar-refractivity contribution in [2.24, 2.45) is 5.92 Å². The zero-order chi connectivity index (χ0) is 15.6. The van der Waals surface area contributed by atoms with Gasteiger partial charge in [0.05, 0.1) is 12.8 Å². The van der Waals surface area contributed by atoms with E-state index >= 15 is 0 Å². The van der Waals surface area contributed by atoms with Crippen LogP contribution in [-0.4, -0.2) is 30.2 Å². The summed E-state index contributed by atoms with van der Waals surface area (Å²) in [5.41, 5.74) is 1.19. The Labute approximate surface area is 130 Å². The van der Waals surface area contributed by atoms with Crippen molar-refractivity contribution < 1.29 is 19.2 Å². The predicted octanol–water partition coefficient (Wildman–Crippen LogP) is 2.84. The Bertz CT molecular complexity index is 692. The van der Waals surface area contributed by atoms with Crippen LogP contribution in [-0.2, 0) is 9.53 Å². The molecule has 2 aromatic rings. The third-order valence-electron chi connectivity index (χ3n) is 3.24. The van der Waals surface area contributed by atoms with Gasteiger partial charge in [-0.1, -0.05) is 12.1 Å². The van der Waals surface area contributed by atoms with Gasteiger partial charge < -0.3 is 9.57 Å². The highest BCUT2D eigenvalue weighted by Crippen LogP contribution is 2.29. The molecule has 2 rings (SSSR count). The number of fused-ring (bicyclic) bond motifs is 1. The molecule has 1 aromatic carbocycles. The fraction of sp³-hybridized carbons (Fsp3) is 0.333. The molecule has 0 N–H and O–H groups in total. The van der Waals surface area contributed by atoms with E-state index in [1.165, 1.54) is 11.8 Å². The Hall–Kier alpha value is -1.82. The summed E-state index contributed by atoms with van der Waals surface area (Å²) < 4.78 is 7.22. The highest BCUT2D eigenvalue weighted by Gasteiger charge is 2.27. The minimum absolute atomic E-state index is 0.252. The molecule has 1 heterocycles. The van der Waals surface area contributed by atoms with Crippen molar-refractivity contribution >= 4 is 38.6 Å². The summed E-state index contributed by atoms with van der Waals surface area (Å²) >= 11 is 3.44. The number of halogens is 1. The van der Waals surface area contributed by atoms with Crippen molar-refractivity contribution in [2.75, 3.05) is 13.7 Å². The predicted molar refractivity (Wildman–Crippen MR) is 82.3 cm³/mol. The standard InChI is InChI=1S/C15H16BrNO4/c1-4-21-15(19)9(2)14(18)11-8-17(20-3)13-10(11)6-5-7-12(13)16/h5-9H,4H2,1-3H3. The Morgan fingerprint density at radius 2 is 2.10 bits per heavy atom. The smallest absolute Gasteiger partial charge is 0.316 e. The van der Waals surface area contributed by atoms with E-state index in [-0.39, 0.29) is 12.4 Å². The van der Waals surface area contributed by atoms with Crippen LogP contribution in [0, 0.1) is 5.92 Å². The number of rotatable bonds is 5. The lowest BCUT2D eigenvalue weighted by Gasteiger charge is -2.08. The average Bonchev–Trinajstić information content (AvgIpc) is 2.86. The van der Waals surface area contributed by atoms with Gasteiger partial charge in [0.2, 0.25) is 0 Å². The van der Waals surface area contributed by atoms with Crippen LogP contribution in [0.25, 0.3) is 10.9 Å². The number of ketones is 1. The van der Waals surface area contributed by atoms with Crippen LogP contribution in [0.4, 0.5) is 0 Å². The van der Waals surface area contributed by atoms with Crippen LogP contribution in [0.1, 0.15) is 24.2 Å². The summed E-state index contributed by atoms with van der Waals surface area (Å²) in [5.74, 6) is -1.65. The molecule has 112 valence electrons. The van der Waals surface area contributed by atoms with Crippen LogP contribution < -0.4 is 4.84 Å². The Kier molecular flexibility index (Phi) is 4.67. The molecule has 1 atom stereocenters. The Balaban J connectivity index is 2.50. The maximum Gasteiger partial charge on any atom is 0.316 e. The van der Waals surface area contributed by atoms with E-state index in [2.05, 4.69) is 15.9 Å². The van der Waals surface area contributed by atoms with Crippen LogP contribution in [0.3, 0.4) is 0 Å². The topological polar surface area (TPSA) is 57.5 Å². The highest BCUT2D eigenvalue weighted by molar-refractivity contribution is 9.10. The molecule has 21 heavy (non-hydrogen) atoms. The maximum atomic E-state index is 12.5. The van der Waals surface area contributed by atoms with Crippen LogP contribution in [0.2, 0.25) is 0 Å². The van der Waals surface area contributed by atoms with Gasteiger partial charge in [-0.2, -0.15) is 4.73 Å². The molecular formula is C15H16BrNO4. The summed E-state index contributed by atoms with van der Waals surface area (Å²) in [6, 6.07) is 5.51. The maximum absolute atomic E-state index is 12.5. The number of carbonyl (C=O) groups excluding carboxylic acids is 2. The summed E-state index contributed by atoms with van der Waals surface area (Å²) in [7, 11) is 1.52. The number of hydrogen-bond acceptors (Lipinski definition) is 4. The van der Waals surface area contributed by atoms with Gasteiger partial charge in [0.1, 0.15) is 18.5 Å². The van der Waals surface area contributed by atoms with Crippen LogP contribution in [0.5, 0.6) is 0 Å². The van der Waals surface area contributed by atoms with Gasteiger partial charge in [0.25, 0.3) is 0 Å². The molecule has 0 fully saturated rings. The highest BCUT2D eigenvalue weighted by atomic mass is 79.9. The molecular weight excluding hydrogens is 338 g/mol. The van der Waals surface area contributed by atoms with Gasteiger partial charge >= 0.3 is 5.97 Å². The number of esters is 1. The van der Waals surface area contributed by atoms with E-state index in [0.29, 0.717) is 5.56 Å². The van der Waals surface area contributed by atoms with Crippen molar-refractivity contribution in [3.8, 4) is 0 Å². The fourth-order valence-corrected chi connectivity index (χ4v) is 2.70. The van der Waals surface area contributed by atoms with E-state index in [0.717, 1.165) is 15.4 Å². The van der Waals surface area contributed by atoms with E-state index in [1.807, 2.05) is 18.2 Å². The second-order valence-corrected chi connectivity index (χ2v) is 5.38. The monoisotopic (exact) mass is 353 g/mol. The van der Waals surface area contributed by atoms with Gasteiger partial charge in [-0.25, -0.2) is 0 Å². The van der Waals surface area contributed by atoms with Crippen LogP contribution in [0.15, 0.2) is 28.9 Å². The average molecular weight is 354 g/mol. The zero-order valence-electron chi connectivity index (χ0n) is 12.1. The van der Waals surface area contributed by atoms with Gasteiger partial charge in [-0.3, -0.25) is 9.59 Å². The van der Waals surface area contributed by atoms with Gasteiger partial charge in [0, 0.05) is 15.4 Å². The SMILES string of the molecule is CCOC(=O)C(C)C(=O)c1cn(OC)c2c(Br)cccc12. The quantitative estimate of drug-likeness (QED) is 0.471. The largest absolute Gasteiger partial charge is 0.465 e. The lowest BCUT2D eigenvalue weighted by Crippen LogP contribution is -2.23. The number of hydrogen-bond donors (Lipinski definition) is 0. The molecule has 0 spiro atoms. The summed E-state index contributed by atoms with van der Waals surface area (Å²) in [4.78, 5) is 29.5. The third kappa shape index (κ3) is 2.81. The van der Waals surface area contributed by atoms with Gasteiger partial charge in [-0.05, 0) is 35.8 Å². The van der Waals surface area contributed by atoms with Crippen molar-refractivity contribution in [1.82, 2.24) is 4.73 Å². The molecule has 5 nitrogen and oxygen atoms in total. The summed E-state index contributed by atoms with van der Waals surface area (Å²) in [6.07, 6.45) is 1.59. The first-order valence-electron chi connectivity index (χ1n) is 6.56. The summed E-state index contributed by atoms with van der Waals surface area (Å²) in [5, 5.41) is 0.729. The van der Waals surface area contributed by atoms with E-state index < -0.39 is 11.9 Å². The zero-order valence-corrected chi connectivity index (χ0v) is 13.6. The molecule has 0 amide bonds. The number of carbonyl (C=O) groups is 2. The minimum Gasteiger partial charge on any atom is -0.465 e. The normalized spacial score (nSPS) is 12.2. The molecule has 6 heteroatoms. The molecule has 0 radical (unpaired) electrons. The number of para-hydroxylation sites is 1. The second kappa shape index (κ2) is 6.30. The van der Waals surface area contributed by atoms with Crippen molar-refractivity contribution in [1.29, 1.82) is 0 Å². The molecule has 0 aliphatic heterocycles. The van der Waals surface area contributed by atoms with Crippen molar-refractivity contribution in [2.45, 2.75) is 13.8 Å². The lowest BCUT2D eigenvalue weighted by molar-refractivity contribution is -0.145. The molecule has 0 aliphatic rings. The van der Waals surface area contributed by atoms with Gasteiger partial charge in [-0.15, -0.1) is 0 Å². The number of Topliss-reactive ketones (excluding diaryl/α,β-unsaturated/α-hetero) is 1. The van der Waals surface area contributed by atoms with Gasteiger partial charge in [0.15, 0.2) is 5.78 Å². The minimum atomic E-state index is -0.847. The van der Waals surface area contributed by atoms with Crippen LogP contribution >= 0.6 is 15.9 Å². The molecule has 0 bridgehead atoms. The summed E-state index contributed by atoms with van der Waals surface area (Å²) in [6.45, 7) is 3.51. The first-order chi connectivity index (χ1) is 10.0. The number of aromatic nitrogens is 1. The van der Waals surface area contributed by atoms with Crippen molar-refractivity contribution in [3.05, 3.63) is 34.4 Å². The molecule has 0 saturated carbocycles. The second-order valence-electron chi connectivity index (χ2n) is 4.53. The first-order valence-corrected chi connectivity index (χ1v) is 7.35. The number of nitrogens with zero attached hydrogens (tertiary/aromatic N) is 1. The van der Waals surface area contributed by atoms with Crippen molar-refractivity contribution in [3.63, 3.8) is 0 Å².